The first-order valence-corrected chi connectivity index (χ1v) is 10.3. The lowest BCUT2D eigenvalue weighted by Crippen LogP contribution is -2.33. The monoisotopic (exact) mass is 407 g/mol. The highest BCUT2D eigenvalue weighted by atomic mass is 32.2. The van der Waals surface area contributed by atoms with Gasteiger partial charge in [-0.15, -0.1) is 0 Å². The summed E-state index contributed by atoms with van der Waals surface area (Å²) in [5.41, 5.74) is -0.885. The first-order chi connectivity index (χ1) is 12.5. The Labute approximate surface area is 157 Å². The van der Waals surface area contributed by atoms with Crippen LogP contribution in [0.5, 0.6) is 0 Å². The third-order valence-corrected chi connectivity index (χ3v) is 6.98. The van der Waals surface area contributed by atoms with E-state index in [0.717, 1.165) is 49.9 Å². The molecule has 0 spiro atoms. The normalized spacial score (nSPS) is 21.4. The first kappa shape index (κ1) is 21.7. The molecule has 1 aliphatic carbocycles. The summed E-state index contributed by atoms with van der Waals surface area (Å²) in [6, 6.07) is 3.51. The molecule has 0 aromatic heterocycles. The molecule has 0 heterocycles. The summed E-state index contributed by atoms with van der Waals surface area (Å²) in [4.78, 5) is 10.5. The number of aliphatic carboxylic acids is 1. The van der Waals surface area contributed by atoms with Gasteiger partial charge in [-0.1, -0.05) is 12.8 Å². The molecule has 1 N–H and O–H groups in total. The van der Waals surface area contributed by atoms with Crippen LogP contribution in [0.1, 0.15) is 44.1 Å². The lowest BCUT2D eigenvalue weighted by molar-refractivity contribution is -0.138. The fourth-order valence-electron chi connectivity index (χ4n) is 3.49. The predicted molar refractivity (Wildman–Crippen MR) is 93.6 cm³/mol. The lowest BCUT2D eigenvalue weighted by Gasteiger charge is -2.30. The molecule has 0 unspecified atom stereocenters. The summed E-state index contributed by atoms with van der Waals surface area (Å²) in [7, 11) is -2.41. The fourth-order valence-corrected chi connectivity index (χ4v) is 4.73. The van der Waals surface area contributed by atoms with Crippen molar-refractivity contribution in [2.75, 3.05) is 13.6 Å². The Kier molecular flexibility index (Phi) is 6.91. The molecule has 0 saturated heterocycles. The third-order valence-electron chi connectivity index (χ3n) is 5.14. The molecule has 0 bridgehead atoms. The molecule has 9 heteroatoms. The van der Waals surface area contributed by atoms with Gasteiger partial charge in [0.1, 0.15) is 0 Å². The Bertz CT molecular complexity index is 739. The van der Waals surface area contributed by atoms with Gasteiger partial charge in [0.25, 0.3) is 0 Å². The molecule has 1 aliphatic rings. The van der Waals surface area contributed by atoms with Gasteiger partial charge >= 0.3 is 12.1 Å². The van der Waals surface area contributed by atoms with Crippen LogP contribution in [0.4, 0.5) is 13.2 Å². The van der Waals surface area contributed by atoms with Crippen LogP contribution >= 0.6 is 0 Å². The summed E-state index contributed by atoms with van der Waals surface area (Å²) < 4.78 is 64.2. The zero-order valence-electron chi connectivity index (χ0n) is 15.1. The number of carboxylic acid groups (broad SMARTS) is 1. The zero-order chi connectivity index (χ0) is 20.2. The second kappa shape index (κ2) is 8.60. The predicted octanol–water partition coefficient (Wildman–Crippen LogP) is 4.00. The van der Waals surface area contributed by atoms with E-state index in [4.69, 9.17) is 5.11 Å². The fraction of sp³-hybridized carbons (Fsp3) is 0.611. The molecule has 5 nitrogen and oxygen atoms in total. The highest BCUT2D eigenvalue weighted by Gasteiger charge is 2.32. The molecule has 0 aliphatic heterocycles. The SMILES string of the molecule is CN(CC1CCC(CCC(=O)O)CC1)S(=O)(=O)c1ccc(C(F)(F)F)cc1. The van der Waals surface area contributed by atoms with Crippen molar-refractivity contribution >= 4 is 16.0 Å². The van der Waals surface area contributed by atoms with Crippen molar-refractivity contribution in [2.45, 2.75) is 49.6 Å². The van der Waals surface area contributed by atoms with Gasteiger partial charge in [0.2, 0.25) is 10.0 Å². The summed E-state index contributed by atoms with van der Waals surface area (Å²) in [6.45, 7) is 0.301. The molecule has 1 aromatic rings. The first-order valence-electron chi connectivity index (χ1n) is 8.85. The number of nitrogens with zero attached hydrogens (tertiary/aromatic N) is 1. The van der Waals surface area contributed by atoms with Gasteiger partial charge in [-0.3, -0.25) is 4.79 Å². The van der Waals surface area contributed by atoms with E-state index in [2.05, 4.69) is 0 Å². The maximum absolute atomic E-state index is 12.6. The average molecular weight is 407 g/mol. The summed E-state index contributed by atoms with van der Waals surface area (Å²) >= 11 is 0. The minimum absolute atomic E-state index is 0.150. The van der Waals surface area contributed by atoms with Crippen LogP contribution in [-0.4, -0.2) is 37.4 Å². The maximum atomic E-state index is 12.6. The van der Waals surface area contributed by atoms with Crippen LogP contribution < -0.4 is 0 Å². The van der Waals surface area contributed by atoms with Crippen LogP contribution in [0.2, 0.25) is 0 Å². The molecule has 1 aromatic carbocycles. The van der Waals surface area contributed by atoms with E-state index in [1.807, 2.05) is 0 Å². The van der Waals surface area contributed by atoms with E-state index < -0.39 is 27.7 Å². The van der Waals surface area contributed by atoms with Crippen LogP contribution in [-0.2, 0) is 21.0 Å². The molecular formula is C18H24F3NO4S. The third kappa shape index (κ3) is 5.93. The highest BCUT2D eigenvalue weighted by molar-refractivity contribution is 7.89. The van der Waals surface area contributed by atoms with Gasteiger partial charge in [0.05, 0.1) is 10.5 Å². The number of halogens is 3. The molecule has 1 fully saturated rings. The molecule has 27 heavy (non-hydrogen) atoms. The molecule has 0 amide bonds. The van der Waals surface area contributed by atoms with E-state index in [9.17, 15) is 26.4 Å². The number of hydrogen-bond donors (Lipinski definition) is 1. The van der Waals surface area contributed by atoms with Crippen molar-refractivity contribution < 1.29 is 31.5 Å². The number of carbonyl (C=O) groups is 1. The Morgan fingerprint density at radius 2 is 1.63 bits per heavy atom. The minimum Gasteiger partial charge on any atom is -0.481 e. The smallest absolute Gasteiger partial charge is 0.416 e. The van der Waals surface area contributed by atoms with Crippen LogP contribution in [0, 0.1) is 11.8 Å². The van der Waals surface area contributed by atoms with Crippen molar-refractivity contribution in [3.8, 4) is 0 Å². The summed E-state index contributed by atoms with van der Waals surface area (Å²) in [6.07, 6.45) is -0.348. The molecule has 0 atom stereocenters. The Morgan fingerprint density at radius 1 is 1.11 bits per heavy atom. The topological polar surface area (TPSA) is 74.7 Å². The van der Waals surface area contributed by atoms with E-state index >= 15 is 0 Å². The molecular weight excluding hydrogens is 383 g/mol. The highest BCUT2D eigenvalue weighted by Crippen LogP contribution is 2.33. The van der Waals surface area contributed by atoms with E-state index in [1.54, 1.807) is 0 Å². The molecule has 0 radical (unpaired) electrons. The van der Waals surface area contributed by atoms with Crippen LogP contribution in [0.15, 0.2) is 29.2 Å². The lowest BCUT2D eigenvalue weighted by atomic mass is 9.80. The molecule has 152 valence electrons. The van der Waals surface area contributed by atoms with Gasteiger partial charge in [-0.25, -0.2) is 12.7 Å². The van der Waals surface area contributed by atoms with Gasteiger partial charge < -0.3 is 5.11 Å². The average Bonchev–Trinajstić information content (AvgIpc) is 2.60. The number of benzene rings is 1. The molecule has 1 saturated carbocycles. The number of sulfonamides is 1. The number of rotatable bonds is 7. The van der Waals surface area contributed by atoms with E-state index in [0.29, 0.717) is 18.9 Å². The number of hydrogen-bond acceptors (Lipinski definition) is 3. The Balaban J connectivity index is 1.93. The number of alkyl halides is 3. The second-order valence-electron chi connectivity index (χ2n) is 7.13. The zero-order valence-corrected chi connectivity index (χ0v) is 15.9. The van der Waals surface area contributed by atoms with Crippen molar-refractivity contribution in [2.24, 2.45) is 11.8 Å². The van der Waals surface area contributed by atoms with Crippen LogP contribution in [0.3, 0.4) is 0 Å². The van der Waals surface area contributed by atoms with Gasteiger partial charge in [0, 0.05) is 20.0 Å². The van der Waals surface area contributed by atoms with Gasteiger partial charge in [-0.2, -0.15) is 13.2 Å². The van der Waals surface area contributed by atoms with E-state index in [-0.39, 0.29) is 17.2 Å². The van der Waals surface area contributed by atoms with Crippen molar-refractivity contribution in [3.63, 3.8) is 0 Å². The van der Waals surface area contributed by atoms with Crippen LogP contribution in [0.25, 0.3) is 0 Å². The van der Waals surface area contributed by atoms with Gasteiger partial charge in [-0.05, 0) is 55.4 Å². The van der Waals surface area contributed by atoms with E-state index in [1.165, 1.54) is 11.4 Å². The molecule has 2 rings (SSSR count). The quantitative estimate of drug-likeness (QED) is 0.741. The Hall–Kier alpha value is -1.61. The Morgan fingerprint density at radius 3 is 2.11 bits per heavy atom. The second-order valence-corrected chi connectivity index (χ2v) is 9.17. The number of carboxylic acids is 1. The summed E-state index contributed by atoms with van der Waals surface area (Å²) in [5, 5.41) is 8.74. The maximum Gasteiger partial charge on any atom is 0.416 e. The van der Waals surface area contributed by atoms with Crippen molar-refractivity contribution in [1.29, 1.82) is 0 Å². The van der Waals surface area contributed by atoms with Crippen molar-refractivity contribution in [3.05, 3.63) is 29.8 Å². The minimum atomic E-state index is -4.51. The largest absolute Gasteiger partial charge is 0.481 e. The summed E-state index contributed by atoms with van der Waals surface area (Å²) in [5.74, 6) is -0.283. The van der Waals surface area contributed by atoms with Gasteiger partial charge in [0.15, 0.2) is 0 Å². The van der Waals surface area contributed by atoms with Crippen molar-refractivity contribution in [1.82, 2.24) is 4.31 Å². The standard InChI is InChI=1S/C18H24F3NO4S/c1-22(12-14-4-2-13(3-5-14)6-11-17(23)24)27(25,26)16-9-7-15(8-10-16)18(19,20)21/h7-10,13-14H,2-6,11-12H2,1H3,(H,23,24).